The number of unbranched alkanes of at least 4 members (excludes halogenated alkanes) is 37. The van der Waals surface area contributed by atoms with E-state index in [0.29, 0.717) is 19.3 Å². The maximum atomic E-state index is 12.8. The number of esters is 3. The topological polar surface area (TPSA) is 78.9 Å². The van der Waals surface area contributed by atoms with E-state index < -0.39 is 6.10 Å². The van der Waals surface area contributed by atoms with Crippen LogP contribution in [0.2, 0.25) is 0 Å². The fourth-order valence-electron chi connectivity index (χ4n) is 8.14. The van der Waals surface area contributed by atoms with Crippen LogP contribution in [0, 0.1) is 0 Å². The normalized spacial score (nSPS) is 12.0. The highest BCUT2D eigenvalue weighted by Gasteiger charge is 2.19. The fraction of sp³-hybridized carbons (Fsp3) is 0.909. The third kappa shape index (κ3) is 49.0. The van der Waals surface area contributed by atoms with Crippen LogP contribution in [0.4, 0.5) is 0 Å². The van der Waals surface area contributed by atoms with Crippen LogP contribution in [0.1, 0.15) is 303 Å². The van der Waals surface area contributed by atoms with Crippen LogP contribution in [0.3, 0.4) is 0 Å². The molecule has 0 saturated carbocycles. The third-order valence-electron chi connectivity index (χ3n) is 12.3. The molecular weight excluding hydrogens is 757 g/mol. The van der Waals surface area contributed by atoms with Gasteiger partial charge in [-0.05, 0) is 44.9 Å². The molecule has 0 heterocycles. The maximum Gasteiger partial charge on any atom is 0.306 e. The van der Waals surface area contributed by atoms with Crippen LogP contribution in [0.15, 0.2) is 12.2 Å². The first kappa shape index (κ1) is 59.1. The molecule has 0 radical (unpaired) electrons. The van der Waals surface area contributed by atoms with Gasteiger partial charge >= 0.3 is 17.9 Å². The van der Waals surface area contributed by atoms with E-state index in [2.05, 4.69) is 32.9 Å². The molecule has 0 aliphatic carbocycles. The van der Waals surface area contributed by atoms with Crippen molar-refractivity contribution in [3.63, 3.8) is 0 Å². The molecule has 0 spiro atoms. The van der Waals surface area contributed by atoms with Gasteiger partial charge in [-0.15, -0.1) is 0 Å². The number of rotatable bonds is 50. The zero-order valence-corrected chi connectivity index (χ0v) is 41.2. The van der Waals surface area contributed by atoms with Gasteiger partial charge in [-0.2, -0.15) is 0 Å². The molecule has 0 N–H and O–H groups in total. The summed E-state index contributed by atoms with van der Waals surface area (Å²) >= 11 is 0. The zero-order valence-electron chi connectivity index (χ0n) is 41.2. The van der Waals surface area contributed by atoms with Gasteiger partial charge in [-0.25, -0.2) is 0 Å². The predicted octanol–water partition coefficient (Wildman–Crippen LogP) is 17.8. The van der Waals surface area contributed by atoms with E-state index >= 15 is 0 Å². The molecule has 0 amide bonds. The largest absolute Gasteiger partial charge is 0.462 e. The lowest BCUT2D eigenvalue weighted by molar-refractivity contribution is -0.167. The Balaban J connectivity index is 4.28. The van der Waals surface area contributed by atoms with E-state index in [1.165, 1.54) is 205 Å². The molecule has 6 nitrogen and oxygen atoms in total. The number of carbonyl (C=O) groups is 3. The lowest BCUT2D eigenvalue weighted by atomic mass is 10.0. The Kier molecular flexibility index (Phi) is 49.3. The molecule has 1 unspecified atom stereocenters. The van der Waals surface area contributed by atoms with Gasteiger partial charge in [0, 0.05) is 19.3 Å². The molecule has 0 aromatic heterocycles. The standard InChI is InChI=1S/C55H104O6/c1-4-7-10-13-16-19-22-24-26-28-30-31-33-36-39-42-45-48-54(57)60-51-52(50-59-53(56)47-44-41-38-35-21-18-15-12-9-6-3)61-55(58)49-46-43-40-37-34-32-29-27-25-23-20-17-14-11-8-5-2/h24,26,52H,4-23,25,27-51H2,1-3H3/b26-24-. The predicted molar refractivity (Wildman–Crippen MR) is 261 cm³/mol. The lowest BCUT2D eigenvalue weighted by Crippen LogP contribution is -2.30. The first-order valence-corrected chi connectivity index (χ1v) is 27.2. The Morgan fingerprint density at radius 3 is 0.820 bits per heavy atom. The van der Waals surface area contributed by atoms with Gasteiger partial charge in [0.2, 0.25) is 0 Å². The van der Waals surface area contributed by atoms with Gasteiger partial charge in [0.15, 0.2) is 6.10 Å². The van der Waals surface area contributed by atoms with Crippen molar-refractivity contribution in [2.75, 3.05) is 13.2 Å². The second-order valence-electron chi connectivity index (χ2n) is 18.5. The van der Waals surface area contributed by atoms with E-state index in [-0.39, 0.29) is 31.1 Å². The lowest BCUT2D eigenvalue weighted by Gasteiger charge is -2.18. The van der Waals surface area contributed by atoms with Crippen LogP contribution in [-0.2, 0) is 28.6 Å². The molecule has 0 saturated heterocycles. The molecule has 0 aromatic rings. The highest BCUT2D eigenvalue weighted by atomic mass is 16.6. The molecule has 1 atom stereocenters. The van der Waals surface area contributed by atoms with Crippen LogP contribution in [0.5, 0.6) is 0 Å². The van der Waals surface area contributed by atoms with Gasteiger partial charge < -0.3 is 14.2 Å². The molecule has 0 aromatic carbocycles. The summed E-state index contributed by atoms with van der Waals surface area (Å²) in [4.78, 5) is 38.0. The second kappa shape index (κ2) is 50.8. The molecule has 0 aliphatic heterocycles. The Morgan fingerprint density at radius 2 is 0.541 bits per heavy atom. The summed E-state index contributed by atoms with van der Waals surface area (Å²) < 4.78 is 16.8. The number of ether oxygens (including phenoxy) is 3. The van der Waals surface area contributed by atoms with Gasteiger partial charge in [0.25, 0.3) is 0 Å². The minimum absolute atomic E-state index is 0.0660. The van der Waals surface area contributed by atoms with E-state index in [9.17, 15) is 14.4 Å². The monoisotopic (exact) mass is 861 g/mol. The van der Waals surface area contributed by atoms with Crippen molar-refractivity contribution < 1.29 is 28.6 Å². The molecule has 0 rings (SSSR count). The van der Waals surface area contributed by atoms with Crippen molar-refractivity contribution >= 4 is 17.9 Å². The number of allylic oxidation sites excluding steroid dienone is 2. The Bertz CT molecular complexity index is 947. The van der Waals surface area contributed by atoms with Gasteiger partial charge in [-0.1, -0.05) is 251 Å². The van der Waals surface area contributed by atoms with Crippen molar-refractivity contribution in [2.24, 2.45) is 0 Å². The van der Waals surface area contributed by atoms with Crippen molar-refractivity contribution in [2.45, 2.75) is 309 Å². The van der Waals surface area contributed by atoms with E-state index in [4.69, 9.17) is 14.2 Å². The minimum Gasteiger partial charge on any atom is -0.462 e. The Hall–Kier alpha value is -1.85. The molecule has 0 fully saturated rings. The zero-order chi connectivity index (χ0) is 44.4. The number of carbonyl (C=O) groups excluding carboxylic acids is 3. The molecule has 0 bridgehead atoms. The van der Waals surface area contributed by atoms with Crippen LogP contribution >= 0.6 is 0 Å². The van der Waals surface area contributed by atoms with Crippen molar-refractivity contribution in [1.82, 2.24) is 0 Å². The Morgan fingerprint density at radius 1 is 0.311 bits per heavy atom. The highest BCUT2D eigenvalue weighted by Crippen LogP contribution is 2.16. The summed E-state index contributed by atoms with van der Waals surface area (Å²) in [5, 5.41) is 0. The SMILES string of the molecule is CCCCCCCC/C=C\CCCCCCCCCC(=O)OCC(COC(=O)CCCCCCCCCCCC)OC(=O)CCCCCCCCCCCCCCCCCC. The van der Waals surface area contributed by atoms with Crippen molar-refractivity contribution in [3.05, 3.63) is 12.2 Å². The first-order valence-electron chi connectivity index (χ1n) is 27.2. The summed E-state index contributed by atoms with van der Waals surface area (Å²) in [6.45, 7) is 6.66. The molecule has 0 aliphatic rings. The van der Waals surface area contributed by atoms with E-state index in [0.717, 1.165) is 57.8 Å². The second-order valence-corrected chi connectivity index (χ2v) is 18.5. The van der Waals surface area contributed by atoms with E-state index in [1.54, 1.807) is 0 Å². The average molecular weight is 861 g/mol. The Labute approximate surface area is 380 Å². The third-order valence-corrected chi connectivity index (χ3v) is 12.3. The smallest absolute Gasteiger partial charge is 0.306 e. The van der Waals surface area contributed by atoms with Crippen molar-refractivity contribution in [1.29, 1.82) is 0 Å². The minimum atomic E-state index is -0.764. The molecular formula is C55H104O6. The van der Waals surface area contributed by atoms with Gasteiger partial charge in [-0.3, -0.25) is 14.4 Å². The van der Waals surface area contributed by atoms with Crippen LogP contribution < -0.4 is 0 Å². The summed E-state index contributed by atoms with van der Waals surface area (Å²) in [7, 11) is 0. The van der Waals surface area contributed by atoms with E-state index in [1.807, 2.05) is 0 Å². The fourth-order valence-corrected chi connectivity index (χ4v) is 8.14. The highest BCUT2D eigenvalue weighted by molar-refractivity contribution is 5.71. The number of hydrogen-bond donors (Lipinski definition) is 0. The van der Waals surface area contributed by atoms with Crippen molar-refractivity contribution in [3.8, 4) is 0 Å². The molecule has 6 heteroatoms. The molecule has 360 valence electrons. The summed E-state index contributed by atoms with van der Waals surface area (Å²) in [6, 6.07) is 0. The van der Waals surface area contributed by atoms with Gasteiger partial charge in [0.05, 0.1) is 0 Å². The maximum absolute atomic E-state index is 12.8. The average Bonchev–Trinajstić information content (AvgIpc) is 3.26. The number of hydrogen-bond acceptors (Lipinski definition) is 6. The quantitative estimate of drug-likeness (QED) is 0.0262. The summed E-state index contributed by atoms with van der Waals surface area (Å²) in [5.41, 5.74) is 0. The van der Waals surface area contributed by atoms with Crippen LogP contribution in [-0.4, -0.2) is 37.2 Å². The van der Waals surface area contributed by atoms with Gasteiger partial charge in [0.1, 0.15) is 13.2 Å². The molecule has 61 heavy (non-hydrogen) atoms. The first-order chi connectivity index (χ1) is 30.0. The van der Waals surface area contributed by atoms with Crippen LogP contribution in [0.25, 0.3) is 0 Å². The summed E-state index contributed by atoms with van der Waals surface area (Å²) in [5.74, 6) is -0.852. The summed E-state index contributed by atoms with van der Waals surface area (Å²) in [6.07, 6.45) is 56.2.